The second kappa shape index (κ2) is 11.7. The summed E-state index contributed by atoms with van der Waals surface area (Å²) in [6.45, 7) is 5.85. The average molecular weight is 454 g/mol. The Hall–Kier alpha value is -3.77. The van der Waals surface area contributed by atoms with Crippen molar-refractivity contribution in [3.05, 3.63) is 64.3 Å². The molecule has 0 saturated heterocycles. The van der Waals surface area contributed by atoms with Crippen LogP contribution in [-0.4, -0.2) is 36.6 Å². The molecule has 0 aliphatic rings. The van der Waals surface area contributed by atoms with Crippen LogP contribution in [0.2, 0.25) is 0 Å². The number of carbonyl (C=O) groups is 1. The highest BCUT2D eigenvalue weighted by atomic mass is 19.1. The van der Waals surface area contributed by atoms with Crippen LogP contribution in [0.1, 0.15) is 54.9 Å². The number of rotatable bonds is 9. The van der Waals surface area contributed by atoms with E-state index in [0.717, 1.165) is 12.0 Å². The topological polar surface area (TPSA) is 123 Å². The van der Waals surface area contributed by atoms with Gasteiger partial charge in [-0.05, 0) is 51.1 Å². The van der Waals surface area contributed by atoms with Crippen molar-refractivity contribution in [3.63, 3.8) is 0 Å². The van der Waals surface area contributed by atoms with Crippen molar-refractivity contribution in [3.8, 4) is 11.9 Å². The third-order valence-electron chi connectivity index (χ3n) is 4.85. The molecule has 0 aliphatic carbocycles. The summed E-state index contributed by atoms with van der Waals surface area (Å²) in [4.78, 5) is 20.8. The Morgan fingerprint density at radius 2 is 2.15 bits per heavy atom. The molecule has 0 saturated carbocycles. The van der Waals surface area contributed by atoms with Crippen molar-refractivity contribution >= 4 is 17.4 Å². The van der Waals surface area contributed by atoms with Crippen LogP contribution in [0, 0.1) is 17.1 Å². The SMILES string of the molecule is CC/C=C(CNC)\C(=C(/C)C#N)c1cnc(N)c(OC(C)c2cc(F)ccc2C(=O)OC)n1. The minimum absolute atomic E-state index is 0.00335. The Bertz CT molecular complexity index is 1120. The number of carbonyl (C=O) groups excluding carboxylic acids is 1. The van der Waals surface area contributed by atoms with E-state index >= 15 is 0 Å². The molecule has 2 aromatic rings. The third-order valence-corrected chi connectivity index (χ3v) is 4.85. The first-order valence-corrected chi connectivity index (χ1v) is 10.4. The van der Waals surface area contributed by atoms with Crippen LogP contribution in [0.15, 0.2) is 41.6 Å². The number of nitrogens with two attached hydrogens (primary N) is 1. The number of nitriles is 1. The number of halogens is 1. The highest BCUT2D eigenvalue weighted by Gasteiger charge is 2.22. The van der Waals surface area contributed by atoms with Gasteiger partial charge >= 0.3 is 5.97 Å². The highest BCUT2D eigenvalue weighted by Crippen LogP contribution is 2.31. The molecule has 9 heteroatoms. The first-order valence-electron chi connectivity index (χ1n) is 10.4. The van der Waals surface area contributed by atoms with E-state index in [1.54, 1.807) is 13.8 Å². The van der Waals surface area contributed by atoms with Gasteiger partial charge in [0.05, 0.1) is 30.6 Å². The van der Waals surface area contributed by atoms with Gasteiger partial charge in [-0.15, -0.1) is 0 Å². The molecule has 1 aromatic carbocycles. The molecule has 1 atom stereocenters. The number of allylic oxidation sites excluding steroid dienone is 2. The van der Waals surface area contributed by atoms with Crippen LogP contribution in [-0.2, 0) is 4.74 Å². The number of nitrogens with zero attached hydrogens (tertiary/aromatic N) is 3. The van der Waals surface area contributed by atoms with E-state index in [2.05, 4.69) is 21.4 Å². The average Bonchev–Trinajstić information content (AvgIpc) is 2.80. The van der Waals surface area contributed by atoms with Crippen molar-refractivity contribution in [2.24, 2.45) is 0 Å². The number of likely N-dealkylation sites (N-methyl/N-ethyl adjacent to an activating group) is 1. The second-order valence-electron chi connectivity index (χ2n) is 7.21. The number of ether oxygens (including phenoxy) is 2. The number of anilines is 1. The molecule has 0 spiro atoms. The number of methoxy groups -OCH3 is 1. The first kappa shape index (κ1) is 25.5. The van der Waals surface area contributed by atoms with Crippen molar-refractivity contribution in [2.75, 3.05) is 26.4 Å². The molecule has 0 radical (unpaired) electrons. The Kier molecular flexibility index (Phi) is 9.07. The van der Waals surface area contributed by atoms with Crippen molar-refractivity contribution in [1.82, 2.24) is 15.3 Å². The van der Waals surface area contributed by atoms with Gasteiger partial charge in [0.1, 0.15) is 11.9 Å². The van der Waals surface area contributed by atoms with Crippen molar-refractivity contribution in [2.45, 2.75) is 33.3 Å². The molecule has 33 heavy (non-hydrogen) atoms. The van der Waals surface area contributed by atoms with E-state index in [9.17, 15) is 14.4 Å². The second-order valence-corrected chi connectivity index (χ2v) is 7.21. The van der Waals surface area contributed by atoms with Gasteiger partial charge in [-0.1, -0.05) is 13.0 Å². The minimum atomic E-state index is -0.797. The lowest BCUT2D eigenvalue weighted by Gasteiger charge is -2.19. The monoisotopic (exact) mass is 453 g/mol. The summed E-state index contributed by atoms with van der Waals surface area (Å²) in [6, 6.07) is 5.87. The Morgan fingerprint density at radius 3 is 2.76 bits per heavy atom. The summed E-state index contributed by atoms with van der Waals surface area (Å²) in [5, 5.41) is 12.7. The van der Waals surface area contributed by atoms with Crippen LogP contribution >= 0.6 is 0 Å². The summed E-state index contributed by atoms with van der Waals surface area (Å²) in [5.41, 5.74) is 8.82. The highest BCUT2D eigenvalue weighted by molar-refractivity contribution is 5.91. The molecule has 8 nitrogen and oxygen atoms in total. The number of aromatic nitrogens is 2. The van der Waals surface area contributed by atoms with Crippen molar-refractivity contribution in [1.29, 1.82) is 5.26 Å². The van der Waals surface area contributed by atoms with Crippen molar-refractivity contribution < 1.29 is 18.7 Å². The van der Waals surface area contributed by atoms with Gasteiger partial charge < -0.3 is 20.5 Å². The fraction of sp³-hybridized carbons (Fsp3) is 0.333. The lowest BCUT2D eigenvalue weighted by Crippen LogP contribution is -2.15. The van der Waals surface area contributed by atoms with E-state index in [-0.39, 0.29) is 22.8 Å². The van der Waals surface area contributed by atoms with Gasteiger partial charge in [0, 0.05) is 23.3 Å². The summed E-state index contributed by atoms with van der Waals surface area (Å²) in [7, 11) is 3.05. The molecule has 0 aliphatic heterocycles. The molecular weight excluding hydrogens is 425 g/mol. The lowest BCUT2D eigenvalue weighted by molar-refractivity contribution is 0.0595. The van der Waals surface area contributed by atoms with E-state index in [1.807, 2.05) is 20.0 Å². The zero-order chi connectivity index (χ0) is 24.5. The van der Waals surface area contributed by atoms with E-state index < -0.39 is 17.9 Å². The van der Waals surface area contributed by atoms with Crippen LogP contribution in [0.25, 0.3) is 5.57 Å². The zero-order valence-electron chi connectivity index (χ0n) is 19.4. The summed E-state index contributed by atoms with van der Waals surface area (Å²) in [5.74, 6) is -1.13. The van der Waals surface area contributed by atoms with Gasteiger partial charge in [0.15, 0.2) is 5.82 Å². The molecule has 1 aromatic heterocycles. The van der Waals surface area contributed by atoms with Crippen LogP contribution in [0.5, 0.6) is 5.88 Å². The fourth-order valence-electron chi connectivity index (χ4n) is 3.34. The molecule has 1 unspecified atom stereocenters. The lowest BCUT2D eigenvalue weighted by atomic mass is 9.97. The number of nitrogens with one attached hydrogen (secondary N) is 1. The molecule has 2 rings (SSSR count). The number of nitrogen functional groups attached to an aromatic ring is 1. The van der Waals surface area contributed by atoms with Gasteiger partial charge in [-0.25, -0.2) is 19.2 Å². The first-order chi connectivity index (χ1) is 15.8. The molecule has 0 fully saturated rings. The molecule has 174 valence electrons. The molecule has 0 amide bonds. The zero-order valence-corrected chi connectivity index (χ0v) is 19.4. The Balaban J connectivity index is 2.54. The molecule has 1 heterocycles. The molecular formula is C24H28FN5O3. The summed E-state index contributed by atoms with van der Waals surface area (Å²) >= 11 is 0. The van der Waals surface area contributed by atoms with Crippen LogP contribution in [0.3, 0.4) is 0 Å². The van der Waals surface area contributed by atoms with Crippen LogP contribution in [0.4, 0.5) is 10.2 Å². The predicted octanol–water partition coefficient (Wildman–Crippen LogP) is 3.98. The predicted molar refractivity (Wildman–Crippen MR) is 124 cm³/mol. The summed E-state index contributed by atoms with van der Waals surface area (Å²) < 4.78 is 24.6. The van der Waals surface area contributed by atoms with E-state index in [1.165, 1.54) is 31.5 Å². The normalized spacial score (nSPS) is 13.1. The van der Waals surface area contributed by atoms with Gasteiger partial charge in [0.2, 0.25) is 0 Å². The number of esters is 1. The van der Waals surface area contributed by atoms with Crippen LogP contribution < -0.4 is 15.8 Å². The molecule has 3 N–H and O–H groups in total. The maximum Gasteiger partial charge on any atom is 0.338 e. The van der Waals surface area contributed by atoms with Gasteiger partial charge in [0.25, 0.3) is 5.88 Å². The standard InChI is InChI=1S/C24H28FN5O3/c1-6-7-16(12-28-4)21(14(2)11-26)20-13-29-22(27)23(30-20)33-15(3)19-10-17(25)8-9-18(19)24(31)32-5/h7-10,13,15,28H,6,12H2,1-5H3,(H2,27,29)/b16-7-,21-14-. The number of hydrogen-bond donors (Lipinski definition) is 2. The van der Waals surface area contributed by atoms with E-state index in [0.29, 0.717) is 23.4 Å². The van der Waals surface area contributed by atoms with E-state index in [4.69, 9.17) is 15.2 Å². The maximum atomic E-state index is 13.9. The quantitative estimate of drug-likeness (QED) is 0.332. The number of hydrogen-bond acceptors (Lipinski definition) is 8. The van der Waals surface area contributed by atoms with Gasteiger partial charge in [-0.3, -0.25) is 0 Å². The summed E-state index contributed by atoms with van der Waals surface area (Å²) in [6.07, 6.45) is 3.44. The number of benzene rings is 1. The Labute approximate surface area is 192 Å². The smallest absolute Gasteiger partial charge is 0.338 e. The minimum Gasteiger partial charge on any atom is -0.467 e. The fourth-order valence-corrected chi connectivity index (χ4v) is 3.34. The third kappa shape index (κ3) is 6.14. The largest absolute Gasteiger partial charge is 0.467 e. The Morgan fingerprint density at radius 1 is 1.42 bits per heavy atom. The maximum absolute atomic E-state index is 13.9. The molecule has 0 bridgehead atoms. The van der Waals surface area contributed by atoms with Gasteiger partial charge in [-0.2, -0.15) is 5.26 Å².